The van der Waals surface area contributed by atoms with Crippen molar-refractivity contribution < 1.29 is 9.31 Å². The van der Waals surface area contributed by atoms with E-state index >= 15 is 0 Å². The minimum absolute atomic E-state index is 0.254. The zero-order valence-electron chi connectivity index (χ0n) is 8.08. The molecule has 0 spiro atoms. The van der Waals surface area contributed by atoms with Crippen molar-refractivity contribution in [3.05, 3.63) is 0 Å². The molecule has 0 aromatic rings. The predicted octanol–water partition coefficient (Wildman–Crippen LogP) is -1.68. The number of hydrogen-bond donors (Lipinski definition) is 3. The van der Waals surface area contributed by atoms with Gasteiger partial charge in [-0.25, -0.2) is 0 Å². The zero-order chi connectivity index (χ0) is 9.78. The van der Waals surface area contributed by atoms with Gasteiger partial charge in [0.2, 0.25) is 0 Å². The summed E-state index contributed by atoms with van der Waals surface area (Å²) in [6, 6.07) is 0. The average molecular weight is 185 g/mol. The van der Waals surface area contributed by atoms with Crippen molar-refractivity contribution in [3.8, 4) is 0 Å². The minimum Gasteiger partial charge on any atom is -0.429 e. The summed E-state index contributed by atoms with van der Waals surface area (Å²) in [5, 5.41) is 6.18. The lowest BCUT2D eigenvalue weighted by Gasteiger charge is -2.04. The lowest BCUT2D eigenvalue weighted by atomic mass is 9.96. The molecule has 0 unspecified atom stereocenters. The summed E-state index contributed by atoms with van der Waals surface area (Å²) in [5.74, 6) is 0. The van der Waals surface area contributed by atoms with E-state index in [-0.39, 0.29) is 6.73 Å². The number of nitrogens with one attached hydrogen (secondary N) is 2. The number of nitrogens with two attached hydrogens (primary N) is 1. The highest BCUT2D eigenvalue weighted by Gasteiger charge is 1.91. The molecule has 0 bridgehead atoms. The molecule has 0 aliphatic heterocycles. The van der Waals surface area contributed by atoms with Crippen LogP contribution in [0, 0.1) is 0 Å². The van der Waals surface area contributed by atoms with E-state index in [1.165, 1.54) is 0 Å². The van der Waals surface area contributed by atoms with Gasteiger partial charge in [-0.3, -0.25) is 0 Å². The monoisotopic (exact) mass is 185 g/mol. The van der Waals surface area contributed by atoms with Gasteiger partial charge in [0.25, 0.3) is 7.48 Å². The second-order valence-corrected chi connectivity index (χ2v) is 2.35. The average Bonchev–Trinajstić information content (AvgIpc) is 2.16. The smallest absolute Gasteiger partial charge is 0.395 e. The summed E-state index contributed by atoms with van der Waals surface area (Å²) >= 11 is 0. The Labute approximate surface area is 81.3 Å². The van der Waals surface area contributed by atoms with Gasteiger partial charge in [0, 0.05) is 13.7 Å². The van der Waals surface area contributed by atoms with Crippen LogP contribution in [0.2, 0.25) is 6.32 Å². The predicted molar refractivity (Wildman–Crippen MR) is 54.3 cm³/mol. The third-order valence-corrected chi connectivity index (χ3v) is 1.30. The molecule has 0 aliphatic rings. The lowest BCUT2D eigenvalue weighted by molar-refractivity contribution is 0.348. The highest BCUT2D eigenvalue weighted by Crippen LogP contribution is 1.75. The SMILES string of the molecule is CO[B]NCCNCC[B]OCN. The standard InChI is InChI=1S/C6H17B2N3O2/c1-12-8-11-5-4-10-3-2-7-13-6-9/h10-11H,2-6,9H2,1H3. The normalized spacial score (nSPS) is 10.0. The third kappa shape index (κ3) is 11.9. The fourth-order valence-corrected chi connectivity index (χ4v) is 0.740. The Kier molecular flexibility index (Phi) is 11.9. The fraction of sp³-hybridized carbons (Fsp3) is 1.00. The van der Waals surface area contributed by atoms with Crippen LogP contribution in [0.1, 0.15) is 0 Å². The second-order valence-electron chi connectivity index (χ2n) is 2.35. The quantitative estimate of drug-likeness (QED) is 0.215. The first-order valence-corrected chi connectivity index (χ1v) is 4.33. The van der Waals surface area contributed by atoms with E-state index in [2.05, 4.69) is 10.5 Å². The van der Waals surface area contributed by atoms with Crippen molar-refractivity contribution in [1.29, 1.82) is 0 Å². The molecule has 0 aromatic carbocycles. The van der Waals surface area contributed by atoms with Crippen LogP contribution >= 0.6 is 0 Å². The zero-order valence-corrected chi connectivity index (χ0v) is 8.08. The van der Waals surface area contributed by atoms with Crippen LogP contribution in [-0.4, -0.2) is 48.6 Å². The van der Waals surface area contributed by atoms with E-state index in [9.17, 15) is 0 Å². The van der Waals surface area contributed by atoms with E-state index in [0.29, 0.717) is 0 Å². The second kappa shape index (κ2) is 11.9. The summed E-state index contributed by atoms with van der Waals surface area (Å²) in [5.41, 5.74) is 5.12. The molecular formula is C6H17B2N3O2. The van der Waals surface area contributed by atoms with Gasteiger partial charge in [0.15, 0.2) is 0 Å². The maximum absolute atomic E-state index is 5.12. The van der Waals surface area contributed by atoms with Crippen LogP contribution in [0.25, 0.3) is 0 Å². The maximum atomic E-state index is 5.12. The molecule has 5 nitrogen and oxygen atoms in total. The molecule has 2 radical (unpaired) electrons. The van der Waals surface area contributed by atoms with E-state index in [4.69, 9.17) is 15.0 Å². The molecule has 0 heterocycles. The molecular weight excluding hydrogens is 168 g/mol. The first-order chi connectivity index (χ1) is 6.41. The summed E-state index contributed by atoms with van der Waals surface area (Å²) in [7, 11) is 4.88. The van der Waals surface area contributed by atoms with Gasteiger partial charge in [-0.2, -0.15) is 0 Å². The van der Waals surface area contributed by atoms with E-state index in [1.807, 2.05) is 0 Å². The summed E-state index contributed by atoms with van der Waals surface area (Å²) in [6.07, 6.45) is 0.866. The minimum atomic E-state index is 0.254. The Morgan fingerprint density at radius 1 is 1.31 bits per heavy atom. The van der Waals surface area contributed by atoms with Gasteiger partial charge in [0.1, 0.15) is 0 Å². The molecule has 0 aromatic heterocycles. The van der Waals surface area contributed by atoms with Gasteiger partial charge in [-0.15, -0.1) is 0 Å². The fourth-order valence-electron chi connectivity index (χ4n) is 0.740. The van der Waals surface area contributed by atoms with Gasteiger partial charge in [-0.1, -0.05) is 0 Å². The molecule has 4 N–H and O–H groups in total. The Bertz CT molecular complexity index is 89.9. The molecule has 13 heavy (non-hydrogen) atoms. The molecule has 0 aliphatic carbocycles. The topological polar surface area (TPSA) is 68.5 Å². The van der Waals surface area contributed by atoms with Crippen molar-refractivity contribution in [2.24, 2.45) is 5.73 Å². The van der Waals surface area contributed by atoms with Crippen molar-refractivity contribution in [1.82, 2.24) is 10.5 Å². The van der Waals surface area contributed by atoms with Crippen LogP contribution in [-0.2, 0) is 9.31 Å². The molecule has 0 fully saturated rings. The van der Waals surface area contributed by atoms with Crippen LogP contribution in [0.15, 0.2) is 0 Å². The van der Waals surface area contributed by atoms with Gasteiger partial charge >= 0.3 is 7.62 Å². The Morgan fingerprint density at radius 2 is 2.15 bits per heavy atom. The van der Waals surface area contributed by atoms with Gasteiger partial charge in [0.05, 0.1) is 6.73 Å². The highest BCUT2D eigenvalue weighted by molar-refractivity contribution is 6.27. The first kappa shape index (κ1) is 12.9. The van der Waals surface area contributed by atoms with Crippen LogP contribution in [0.4, 0.5) is 0 Å². The van der Waals surface area contributed by atoms with Crippen LogP contribution in [0.5, 0.6) is 0 Å². The third-order valence-electron chi connectivity index (χ3n) is 1.30. The first-order valence-electron chi connectivity index (χ1n) is 4.33. The van der Waals surface area contributed by atoms with Gasteiger partial charge in [-0.05, 0) is 19.4 Å². The Morgan fingerprint density at radius 3 is 2.85 bits per heavy atom. The Balaban J connectivity index is 2.76. The van der Waals surface area contributed by atoms with E-state index in [1.54, 1.807) is 22.2 Å². The van der Waals surface area contributed by atoms with Crippen molar-refractivity contribution in [2.45, 2.75) is 6.32 Å². The van der Waals surface area contributed by atoms with Crippen LogP contribution < -0.4 is 16.3 Å². The summed E-state index contributed by atoms with van der Waals surface area (Å²) < 4.78 is 9.55. The summed E-state index contributed by atoms with van der Waals surface area (Å²) in [4.78, 5) is 0. The molecule has 0 saturated heterocycles. The van der Waals surface area contributed by atoms with E-state index in [0.717, 1.165) is 26.0 Å². The maximum Gasteiger partial charge on any atom is 0.395 e. The number of rotatable bonds is 10. The largest absolute Gasteiger partial charge is 0.429 e. The van der Waals surface area contributed by atoms with E-state index < -0.39 is 0 Å². The molecule has 7 heteroatoms. The van der Waals surface area contributed by atoms with Crippen LogP contribution in [0.3, 0.4) is 0 Å². The van der Waals surface area contributed by atoms with Gasteiger partial charge < -0.3 is 25.6 Å². The summed E-state index contributed by atoms with van der Waals surface area (Å²) in [6.45, 7) is 2.90. The Hall–Kier alpha value is -0.0701. The number of hydrogen-bond acceptors (Lipinski definition) is 5. The molecule has 0 rings (SSSR count). The van der Waals surface area contributed by atoms with Crippen molar-refractivity contribution in [3.63, 3.8) is 0 Å². The molecule has 74 valence electrons. The molecule has 0 saturated carbocycles. The van der Waals surface area contributed by atoms with Crippen molar-refractivity contribution >= 4 is 15.1 Å². The highest BCUT2D eigenvalue weighted by atomic mass is 16.4. The molecule has 0 amide bonds. The van der Waals surface area contributed by atoms with Crippen molar-refractivity contribution in [2.75, 3.05) is 33.5 Å². The molecule has 0 atom stereocenters. The lowest BCUT2D eigenvalue weighted by Crippen LogP contribution is -2.31.